The van der Waals surface area contributed by atoms with Crippen molar-refractivity contribution in [1.82, 2.24) is 10.2 Å². The third kappa shape index (κ3) is 6.93. The predicted molar refractivity (Wildman–Crippen MR) is 97.0 cm³/mol. The Kier molecular flexibility index (Phi) is 7.41. The van der Waals surface area contributed by atoms with Crippen molar-refractivity contribution >= 4 is 5.91 Å². The molecular formula is C20H25FN2O2. The Morgan fingerprint density at radius 2 is 1.88 bits per heavy atom. The highest BCUT2D eigenvalue weighted by molar-refractivity contribution is 5.77. The first-order valence-corrected chi connectivity index (χ1v) is 8.42. The van der Waals surface area contributed by atoms with Crippen molar-refractivity contribution in [2.24, 2.45) is 0 Å². The minimum atomic E-state index is -0.275. The first-order valence-electron chi connectivity index (χ1n) is 8.42. The van der Waals surface area contributed by atoms with Crippen LogP contribution in [0.4, 0.5) is 4.39 Å². The molecule has 134 valence electrons. The molecule has 0 saturated heterocycles. The summed E-state index contributed by atoms with van der Waals surface area (Å²) < 4.78 is 18.6. The van der Waals surface area contributed by atoms with Crippen LogP contribution in [0.5, 0.6) is 5.75 Å². The second-order valence-electron chi connectivity index (χ2n) is 6.11. The number of para-hydroxylation sites is 1. The molecule has 1 amide bonds. The van der Waals surface area contributed by atoms with Gasteiger partial charge in [0.2, 0.25) is 5.91 Å². The highest BCUT2D eigenvalue weighted by atomic mass is 19.1. The van der Waals surface area contributed by atoms with E-state index in [1.807, 2.05) is 43.1 Å². The van der Waals surface area contributed by atoms with Crippen LogP contribution >= 0.6 is 0 Å². The molecule has 0 heterocycles. The second-order valence-corrected chi connectivity index (χ2v) is 6.11. The van der Waals surface area contributed by atoms with Crippen LogP contribution < -0.4 is 10.1 Å². The fourth-order valence-corrected chi connectivity index (χ4v) is 2.42. The number of carbonyl (C=O) groups excluding carboxylic acids is 1. The topological polar surface area (TPSA) is 41.6 Å². The number of hydrogen-bond acceptors (Lipinski definition) is 3. The molecule has 0 radical (unpaired) electrons. The molecule has 2 aromatic carbocycles. The van der Waals surface area contributed by atoms with Crippen LogP contribution in [-0.2, 0) is 11.3 Å². The third-order valence-electron chi connectivity index (χ3n) is 3.85. The summed E-state index contributed by atoms with van der Waals surface area (Å²) in [5.74, 6) is 0.580. The zero-order valence-corrected chi connectivity index (χ0v) is 14.8. The summed E-state index contributed by atoms with van der Waals surface area (Å²) in [7, 11) is 1.91. The predicted octanol–water partition coefficient (Wildman–Crippen LogP) is 3.15. The van der Waals surface area contributed by atoms with Crippen LogP contribution in [0.2, 0.25) is 0 Å². The first-order chi connectivity index (χ1) is 12.0. The highest BCUT2D eigenvalue weighted by Gasteiger charge is 2.06. The van der Waals surface area contributed by atoms with Crippen molar-refractivity contribution in [3.05, 3.63) is 65.5 Å². The molecule has 2 rings (SSSR count). The van der Waals surface area contributed by atoms with Gasteiger partial charge in [-0.2, -0.15) is 0 Å². The van der Waals surface area contributed by atoms with E-state index in [1.54, 1.807) is 12.1 Å². The maximum atomic E-state index is 12.8. The van der Waals surface area contributed by atoms with Crippen molar-refractivity contribution in [1.29, 1.82) is 0 Å². The molecule has 2 aromatic rings. The van der Waals surface area contributed by atoms with E-state index in [1.165, 1.54) is 12.1 Å². The molecule has 0 aromatic heterocycles. The Balaban J connectivity index is 1.61. The normalized spacial score (nSPS) is 10.7. The van der Waals surface area contributed by atoms with Gasteiger partial charge in [0.15, 0.2) is 0 Å². The zero-order chi connectivity index (χ0) is 18.1. The summed E-state index contributed by atoms with van der Waals surface area (Å²) in [6.07, 6.45) is 0.843. The van der Waals surface area contributed by atoms with Gasteiger partial charge in [-0.1, -0.05) is 30.3 Å². The number of hydrogen-bond donors (Lipinski definition) is 1. The van der Waals surface area contributed by atoms with E-state index >= 15 is 0 Å². The van der Waals surface area contributed by atoms with Crippen molar-refractivity contribution in [3.63, 3.8) is 0 Å². The van der Waals surface area contributed by atoms with Crippen LogP contribution in [0.1, 0.15) is 17.5 Å². The third-order valence-corrected chi connectivity index (χ3v) is 3.85. The van der Waals surface area contributed by atoms with Gasteiger partial charge < -0.3 is 10.1 Å². The second kappa shape index (κ2) is 9.79. The number of nitrogens with one attached hydrogen (secondary N) is 1. The summed E-state index contributed by atoms with van der Waals surface area (Å²) in [6, 6.07) is 14.0. The average molecular weight is 344 g/mol. The minimum absolute atomic E-state index is 0.0494. The fourth-order valence-electron chi connectivity index (χ4n) is 2.42. The van der Waals surface area contributed by atoms with Gasteiger partial charge in [-0.15, -0.1) is 0 Å². The molecule has 0 aliphatic heterocycles. The summed E-state index contributed by atoms with van der Waals surface area (Å²) in [4.78, 5) is 13.9. The molecule has 0 aliphatic rings. The summed E-state index contributed by atoms with van der Waals surface area (Å²) in [5.41, 5.74) is 2.00. The fraction of sp³-hybridized carbons (Fsp3) is 0.350. The largest absolute Gasteiger partial charge is 0.493 e. The SMILES string of the molecule is Cc1ccccc1OCCCN(C)CC(=O)NCc1ccc(F)cc1. The van der Waals surface area contributed by atoms with E-state index in [0.717, 1.165) is 29.8 Å². The number of likely N-dealkylation sites (N-methyl/N-ethyl adjacent to an activating group) is 1. The molecule has 0 aliphatic carbocycles. The van der Waals surface area contributed by atoms with E-state index < -0.39 is 0 Å². The van der Waals surface area contributed by atoms with Crippen LogP contribution in [-0.4, -0.2) is 37.6 Å². The molecule has 0 bridgehead atoms. The van der Waals surface area contributed by atoms with Gasteiger partial charge >= 0.3 is 0 Å². The molecule has 0 saturated carbocycles. The van der Waals surface area contributed by atoms with Gasteiger partial charge in [0, 0.05) is 13.1 Å². The standard InChI is InChI=1S/C20H25FN2O2/c1-16-6-3-4-7-19(16)25-13-5-12-23(2)15-20(24)22-14-17-8-10-18(21)11-9-17/h3-4,6-11H,5,12-15H2,1-2H3,(H,22,24). The van der Waals surface area contributed by atoms with Gasteiger partial charge in [-0.05, 0) is 49.7 Å². The van der Waals surface area contributed by atoms with Crippen molar-refractivity contribution < 1.29 is 13.9 Å². The number of nitrogens with zero attached hydrogens (tertiary/aromatic N) is 1. The van der Waals surface area contributed by atoms with Crippen molar-refractivity contribution in [3.8, 4) is 5.75 Å². The molecule has 0 fully saturated rings. The number of halogens is 1. The van der Waals surface area contributed by atoms with Gasteiger partial charge in [-0.3, -0.25) is 9.69 Å². The number of carbonyl (C=O) groups is 1. The van der Waals surface area contributed by atoms with E-state index in [0.29, 0.717) is 19.7 Å². The molecule has 1 N–H and O–H groups in total. The molecule has 25 heavy (non-hydrogen) atoms. The number of benzene rings is 2. The van der Waals surface area contributed by atoms with Crippen LogP contribution in [0, 0.1) is 12.7 Å². The zero-order valence-electron chi connectivity index (χ0n) is 14.8. The van der Waals surface area contributed by atoms with Gasteiger partial charge in [0.05, 0.1) is 13.2 Å². The Morgan fingerprint density at radius 1 is 1.16 bits per heavy atom. The van der Waals surface area contributed by atoms with Crippen LogP contribution in [0.25, 0.3) is 0 Å². The van der Waals surface area contributed by atoms with Crippen LogP contribution in [0.3, 0.4) is 0 Å². The maximum absolute atomic E-state index is 12.8. The molecule has 0 unspecified atom stereocenters. The average Bonchev–Trinajstić information content (AvgIpc) is 2.59. The lowest BCUT2D eigenvalue weighted by molar-refractivity contribution is -0.122. The molecular weight excluding hydrogens is 319 g/mol. The number of rotatable bonds is 9. The van der Waals surface area contributed by atoms with Gasteiger partial charge in [-0.25, -0.2) is 4.39 Å². The summed E-state index contributed by atoms with van der Waals surface area (Å²) >= 11 is 0. The highest BCUT2D eigenvalue weighted by Crippen LogP contribution is 2.16. The lowest BCUT2D eigenvalue weighted by atomic mass is 10.2. The number of amides is 1. The number of ether oxygens (including phenoxy) is 1. The quantitative estimate of drug-likeness (QED) is 0.711. The van der Waals surface area contributed by atoms with Gasteiger partial charge in [0.1, 0.15) is 11.6 Å². The Bertz CT molecular complexity index is 674. The lowest BCUT2D eigenvalue weighted by Gasteiger charge is -2.16. The summed E-state index contributed by atoms with van der Waals surface area (Å²) in [6.45, 7) is 4.14. The van der Waals surface area contributed by atoms with E-state index in [4.69, 9.17) is 4.74 Å². The molecule has 5 heteroatoms. The minimum Gasteiger partial charge on any atom is -0.493 e. The smallest absolute Gasteiger partial charge is 0.234 e. The molecule has 0 spiro atoms. The Morgan fingerprint density at radius 3 is 2.60 bits per heavy atom. The van der Waals surface area contributed by atoms with E-state index in [2.05, 4.69) is 5.32 Å². The Hall–Kier alpha value is -2.40. The van der Waals surface area contributed by atoms with Crippen molar-refractivity contribution in [2.45, 2.75) is 19.9 Å². The maximum Gasteiger partial charge on any atom is 0.234 e. The van der Waals surface area contributed by atoms with Gasteiger partial charge in [0.25, 0.3) is 0 Å². The van der Waals surface area contributed by atoms with E-state index in [9.17, 15) is 9.18 Å². The van der Waals surface area contributed by atoms with Crippen molar-refractivity contribution in [2.75, 3.05) is 26.7 Å². The Labute approximate surface area is 148 Å². The molecule has 4 nitrogen and oxygen atoms in total. The first kappa shape index (κ1) is 18.9. The number of aryl methyl sites for hydroxylation is 1. The molecule has 0 atom stereocenters. The lowest BCUT2D eigenvalue weighted by Crippen LogP contribution is -2.35. The van der Waals surface area contributed by atoms with Crippen LogP contribution in [0.15, 0.2) is 48.5 Å². The van der Waals surface area contributed by atoms with E-state index in [-0.39, 0.29) is 11.7 Å². The summed E-state index contributed by atoms with van der Waals surface area (Å²) in [5, 5.41) is 2.84. The monoisotopic (exact) mass is 344 g/mol.